The van der Waals surface area contributed by atoms with Gasteiger partial charge in [-0.15, -0.1) is 0 Å². The van der Waals surface area contributed by atoms with Crippen molar-refractivity contribution < 1.29 is 80.5 Å². The molecule has 10 N–H and O–H groups in total. The molecule has 3 heterocycles. The molecule has 29 heteroatoms. The van der Waals surface area contributed by atoms with Crippen molar-refractivity contribution in [2.24, 2.45) is 5.41 Å². The molecule has 2 amide bonds. The molecule has 0 aliphatic carbocycles. The number of nitrogens with one attached hydrogen (secondary N) is 2. The first-order valence-electron chi connectivity index (χ1n) is 16.7. The monoisotopic (exact) mass is 892 g/mol. The number of aliphatic hydroxyl groups is 2. The minimum atomic E-state index is -5.57. The van der Waals surface area contributed by atoms with E-state index < -0.39 is 84.6 Å². The molecule has 1 radical (unpaired) electrons. The maximum atomic E-state index is 12.7. The summed E-state index contributed by atoms with van der Waals surface area (Å²) in [6.45, 7) is 0.475. The van der Waals surface area contributed by atoms with Crippen LogP contribution in [0.15, 0.2) is 43.0 Å². The van der Waals surface area contributed by atoms with Crippen LogP contribution in [0.25, 0.3) is 11.2 Å². The zero-order chi connectivity index (χ0) is 42.2. The van der Waals surface area contributed by atoms with Gasteiger partial charge in [-0.2, -0.15) is 4.31 Å². The summed E-state index contributed by atoms with van der Waals surface area (Å²) in [4.78, 5) is 87.7. The Morgan fingerprint density at radius 2 is 1.69 bits per heavy atom. The molecule has 1 aromatic carbocycles. The number of anilines is 1. The van der Waals surface area contributed by atoms with E-state index in [4.69, 9.17) is 19.5 Å². The second kappa shape index (κ2) is 21.3. The Hall–Kier alpha value is -2.62. The standard InChI is InChI=1S/C29H42N7O17P3S.Li/c1-29(2,24(40)27(41)32-9-8-19(37)31-10-11-57-20(38)12-17-6-4-3-5-7-17)14-50-56(47,48)53-55(45,46)49-13-18-23(52-54(42,43)44)22(39)28(51-18)36-16-35-21-25(30)33-15-34-26(21)36;/h3-7,15-16,18,22-24,28,39-40H,8-14H2,1-2H3,(H,31,37)(H,32,41)(H,45,46)(H,47,48)(H2,30,33,34)(H2,42,43,44);. The normalized spacial score (nSPS) is 21.0. The fourth-order valence-corrected chi connectivity index (χ4v) is 8.64. The number of aromatic nitrogens is 4. The van der Waals surface area contributed by atoms with E-state index in [0.717, 1.165) is 34.5 Å². The number of carbonyl (C=O) groups is 3. The van der Waals surface area contributed by atoms with Crippen LogP contribution in [0.1, 0.15) is 32.1 Å². The van der Waals surface area contributed by atoms with Gasteiger partial charge in [0.05, 0.1) is 19.5 Å². The van der Waals surface area contributed by atoms with E-state index in [1.165, 1.54) is 13.8 Å². The number of hydrogen-bond acceptors (Lipinski definition) is 18. The number of nitrogen functional groups attached to an aromatic ring is 1. The Morgan fingerprint density at radius 1 is 1.02 bits per heavy atom. The summed E-state index contributed by atoms with van der Waals surface area (Å²) in [7, 11) is -16.4. The van der Waals surface area contributed by atoms with Gasteiger partial charge in [0.2, 0.25) is 11.8 Å². The molecule has 1 fully saturated rings. The number of nitrogens with two attached hydrogens (primary N) is 1. The number of aliphatic hydroxyl groups excluding tert-OH is 2. The van der Waals surface area contributed by atoms with Crippen molar-refractivity contribution in [3.8, 4) is 0 Å². The number of phosphoric ester groups is 3. The van der Waals surface area contributed by atoms with Crippen LogP contribution in [0, 0.1) is 5.41 Å². The number of phosphoric acid groups is 3. The molecule has 58 heavy (non-hydrogen) atoms. The zero-order valence-corrected chi connectivity index (χ0v) is 34.7. The van der Waals surface area contributed by atoms with E-state index in [1.54, 1.807) is 0 Å². The van der Waals surface area contributed by atoms with E-state index in [1.807, 2.05) is 30.3 Å². The van der Waals surface area contributed by atoms with Gasteiger partial charge in [0, 0.05) is 56.0 Å². The second-order valence-electron chi connectivity index (χ2n) is 13.0. The number of nitrogens with zero attached hydrogens (tertiary/aromatic N) is 4. The molecule has 0 spiro atoms. The quantitative estimate of drug-likeness (QED) is 0.0371. The number of thioether (sulfide) groups is 1. The van der Waals surface area contributed by atoms with Crippen LogP contribution in [0.3, 0.4) is 0 Å². The van der Waals surface area contributed by atoms with Gasteiger partial charge in [-0.3, -0.25) is 32.5 Å². The number of hydrogen-bond donors (Lipinski definition) is 9. The van der Waals surface area contributed by atoms with E-state index in [0.29, 0.717) is 5.75 Å². The van der Waals surface area contributed by atoms with Crippen molar-refractivity contribution in [3.05, 3.63) is 48.5 Å². The van der Waals surface area contributed by atoms with Gasteiger partial charge in [0.15, 0.2) is 22.8 Å². The van der Waals surface area contributed by atoms with Crippen LogP contribution in [0.2, 0.25) is 0 Å². The maximum absolute atomic E-state index is 12.7. The Balaban J connectivity index is 0.00000900. The largest absolute Gasteiger partial charge is 0.481 e. The summed E-state index contributed by atoms with van der Waals surface area (Å²) in [6, 6.07) is 9.16. The number of ether oxygens (including phenoxy) is 1. The molecular formula is C29H42LiN7O17P3S. The average molecular weight is 893 g/mol. The van der Waals surface area contributed by atoms with Crippen molar-refractivity contribution in [2.75, 3.05) is 37.8 Å². The fourth-order valence-electron chi connectivity index (χ4n) is 5.11. The van der Waals surface area contributed by atoms with Crippen LogP contribution in [-0.4, -0.2) is 142 Å². The SMILES string of the molecule is CC(C)(COP(=O)(O)OP(=O)(O)OCC1OC(n2cnc3c(N)ncnc32)C(O)C1OP(=O)(O)O)C(O)C(=O)NCCC(=O)NCCSC(=O)Cc1ccccc1.[Li]. The molecule has 2 aromatic heterocycles. The Morgan fingerprint density at radius 3 is 2.36 bits per heavy atom. The minimum Gasteiger partial charge on any atom is -0.386 e. The third-order valence-corrected chi connectivity index (χ3v) is 11.9. The van der Waals surface area contributed by atoms with E-state index in [2.05, 4.69) is 34.4 Å². The van der Waals surface area contributed by atoms with Gasteiger partial charge >= 0.3 is 23.5 Å². The van der Waals surface area contributed by atoms with E-state index in [-0.39, 0.29) is 66.9 Å². The van der Waals surface area contributed by atoms with Crippen LogP contribution >= 0.6 is 35.2 Å². The van der Waals surface area contributed by atoms with E-state index in [9.17, 15) is 57.9 Å². The van der Waals surface area contributed by atoms with Gasteiger partial charge in [0.25, 0.3) is 0 Å². The van der Waals surface area contributed by atoms with Crippen molar-refractivity contribution in [1.82, 2.24) is 30.2 Å². The minimum absolute atomic E-state index is 0. The first-order valence-corrected chi connectivity index (χ1v) is 22.2. The summed E-state index contributed by atoms with van der Waals surface area (Å²) in [6.07, 6.45) is -6.68. The van der Waals surface area contributed by atoms with Crippen LogP contribution in [-0.2, 0) is 57.1 Å². The average Bonchev–Trinajstić information content (AvgIpc) is 3.68. The molecule has 0 bridgehead atoms. The number of fused-ring (bicyclic) bond motifs is 1. The molecule has 24 nitrogen and oxygen atoms in total. The molecule has 1 aliphatic rings. The molecular weight excluding hydrogens is 850 g/mol. The molecule has 7 atom stereocenters. The van der Waals surface area contributed by atoms with E-state index >= 15 is 0 Å². The molecule has 0 saturated carbocycles. The van der Waals surface area contributed by atoms with Crippen molar-refractivity contribution in [3.63, 3.8) is 0 Å². The number of rotatable bonds is 21. The number of imidazole rings is 1. The molecule has 7 unspecified atom stereocenters. The second-order valence-corrected chi connectivity index (χ2v) is 18.3. The van der Waals surface area contributed by atoms with Gasteiger partial charge in [-0.05, 0) is 5.56 Å². The van der Waals surface area contributed by atoms with Gasteiger partial charge in [-0.25, -0.2) is 28.6 Å². The number of benzene rings is 1. The summed E-state index contributed by atoms with van der Waals surface area (Å²) in [5.41, 5.74) is 5.13. The van der Waals surface area contributed by atoms with Gasteiger partial charge < -0.3 is 50.9 Å². The maximum Gasteiger partial charge on any atom is 0.481 e. The van der Waals surface area contributed by atoms with Gasteiger partial charge in [-0.1, -0.05) is 55.9 Å². The molecule has 317 valence electrons. The third-order valence-electron chi connectivity index (χ3n) is 7.96. The predicted molar refractivity (Wildman–Crippen MR) is 203 cm³/mol. The smallest absolute Gasteiger partial charge is 0.386 e. The summed E-state index contributed by atoms with van der Waals surface area (Å²) in [5.74, 6) is -1.13. The number of carbonyl (C=O) groups excluding carboxylic acids is 3. The molecule has 3 aromatic rings. The van der Waals surface area contributed by atoms with Crippen molar-refractivity contribution in [1.29, 1.82) is 0 Å². The summed E-state index contributed by atoms with van der Waals surface area (Å²) < 4.78 is 62.1. The first-order chi connectivity index (χ1) is 26.6. The number of amides is 2. The molecule has 1 aliphatic heterocycles. The van der Waals surface area contributed by atoms with Crippen molar-refractivity contribution >= 4 is 88.0 Å². The third kappa shape index (κ3) is 14.8. The Kier molecular flexibility index (Phi) is 18.2. The van der Waals surface area contributed by atoms with Gasteiger partial charge in [0.1, 0.15) is 36.3 Å². The van der Waals surface area contributed by atoms with Crippen LogP contribution < -0.4 is 16.4 Å². The molecule has 1 saturated heterocycles. The summed E-state index contributed by atoms with van der Waals surface area (Å²) in [5, 5.41) is 26.3. The zero-order valence-electron chi connectivity index (χ0n) is 31.2. The summed E-state index contributed by atoms with van der Waals surface area (Å²) >= 11 is 1.07. The predicted octanol–water partition coefficient (Wildman–Crippen LogP) is -0.473. The van der Waals surface area contributed by atoms with Crippen LogP contribution in [0.5, 0.6) is 0 Å². The molecule has 4 rings (SSSR count). The Labute approximate surface area is 346 Å². The topological polar surface area (TPSA) is 364 Å². The first kappa shape index (κ1) is 49.7. The van der Waals surface area contributed by atoms with Crippen molar-refractivity contribution in [2.45, 2.75) is 57.3 Å². The fraction of sp³-hybridized carbons (Fsp3) is 0.517. The van der Waals surface area contributed by atoms with Crippen LogP contribution in [0.4, 0.5) is 5.82 Å². The Bertz CT molecular complexity index is 2030.